The lowest BCUT2D eigenvalue weighted by Crippen LogP contribution is -2.39. The van der Waals surface area contributed by atoms with E-state index in [1.54, 1.807) is 24.3 Å². The van der Waals surface area contributed by atoms with Gasteiger partial charge >= 0.3 is 5.97 Å². The monoisotopic (exact) mass is 392 g/mol. The van der Waals surface area contributed by atoms with Gasteiger partial charge < -0.3 is 15.4 Å². The highest BCUT2D eigenvalue weighted by molar-refractivity contribution is 6.05. The summed E-state index contributed by atoms with van der Waals surface area (Å²) >= 11 is 0. The quantitative estimate of drug-likeness (QED) is 0.769. The number of nitrogens with one attached hydrogen (secondary N) is 2. The van der Waals surface area contributed by atoms with E-state index in [2.05, 4.69) is 10.6 Å². The minimum absolute atomic E-state index is 0.111. The maximum Gasteiger partial charge on any atom is 0.307 e. The molecule has 1 aliphatic heterocycles. The molecular formula is C23H24N2O4. The SMILES string of the molecule is Cc1ccc(NC(=O)c2cccc(NC(=O)[C@H]3CC(=O)OC34CCCC4)c2)cc1. The lowest BCUT2D eigenvalue weighted by Gasteiger charge is -2.27. The third-order valence-electron chi connectivity index (χ3n) is 5.79. The molecule has 2 amide bonds. The van der Waals surface area contributed by atoms with Crippen LogP contribution in [0.1, 0.15) is 48.0 Å². The largest absolute Gasteiger partial charge is 0.458 e. The number of anilines is 2. The smallest absolute Gasteiger partial charge is 0.307 e. The van der Waals surface area contributed by atoms with E-state index in [1.165, 1.54) is 0 Å². The van der Waals surface area contributed by atoms with Crippen molar-refractivity contribution in [3.63, 3.8) is 0 Å². The van der Waals surface area contributed by atoms with Gasteiger partial charge in [0.2, 0.25) is 5.91 Å². The van der Waals surface area contributed by atoms with Gasteiger partial charge in [-0.3, -0.25) is 14.4 Å². The van der Waals surface area contributed by atoms with Gasteiger partial charge in [-0.05, 0) is 62.9 Å². The Morgan fingerprint density at radius 1 is 1.00 bits per heavy atom. The van der Waals surface area contributed by atoms with Crippen molar-refractivity contribution in [2.24, 2.45) is 5.92 Å². The molecule has 2 aromatic carbocycles. The lowest BCUT2D eigenvalue weighted by molar-refractivity contribution is -0.149. The molecule has 0 bridgehead atoms. The summed E-state index contributed by atoms with van der Waals surface area (Å²) < 4.78 is 5.55. The molecule has 1 atom stereocenters. The Balaban J connectivity index is 1.46. The average molecular weight is 392 g/mol. The van der Waals surface area contributed by atoms with Gasteiger partial charge in [-0.15, -0.1) is 0 Å². The predicted molar refractivity (Wildman–Crippen MR) is 110 cm³/mol. The normalized spacial score (nSPS) is 19.8. The molecule has 1 heterocycles. The zero-order chi connectivity index (χ0) is 20.4. The molecule has 1 aliphatic carbocycles. The van der Waals surface area contributed by atoms with Gasteiger partial charge in [0, 0.05) is 16.9 Å². The summed E-state index contributed by atoms with van der Waals surface area (Å²) in [5.74, 6) is -1.27. The van der Waals surface area contributed by atoms with E-state index in [0.717, 1.165) is 31.2 Å². The van der Waals surface area contributed by atoms with E-state index in [0.29, 0.717) is 16.9 Å². The molecule has 0 aromatic heterocycles. The van der Waals surface area contributed by atoms with Crippen LogP contribution in [0.5, 0.6) is 0 Å². The summed E-state index contributed by atoms with van der Waals surface area (Å²) in [6.45, 7) is 1.98. The number of amides is 2. The first-order valence-electron chi connectivity index (χ1n) is 9.96. The van der Waals surface area contributed by atoms with E-state index in [9.17, 15) is 14.4 Å². The predicted octanol–water partition coefficient (Wildman–Crippen LogP) is 4.06. The molecule has 6 heteroatoms. The maximum atomic E-state index is 12.9. The summed E-state index contributed by atoms with van der Waals surface area (Å²) in [6, 6.07) is 14.3. The summed E-state index contributed by atoms with van der Waals surface area (Å²) in [5.41, 5.74) is 2.14. The van der Waals surface area contributed by atoms with Crippen LogP contribution in [-0.4, -0.2) is 23.4 Å². The lowest BCUT2D eigenvalue weighted by atomic mass is 9.85. The van der Waals surface area contributed by atoms with Crippen LogP contribution in [-0.2, 0) is 14.3 Å². The number of carbonyl (C=O) groups excluding carboxylic acids is 3. The number of carbonyl (C=O) groups is 3. The molecule has 150 valence electrons. The van der Waals surface area contributed by atoms with E-state index in [1.807, 2.05) is 31.2 Å². The standard InChI is InChI=1S/C23H24N2O4/c1-15-7-9-17(10-8-15)24-21(27)16-5-4-6-18(13-16)25-22(28)19-14-20(26)29-23(19)11-2-3-12-23/h4-10,13,19H,2-3,11-12,14H2,1H3,(H,24,27)(H,25,28)/t19-/m1/s1. The number of benzene rings is 2. The highest BCUT2D eigenvalue weighted by Crippen LogP contribution is 2.45. The molecule has 4 rings (SSSR count). The van der Waals surface area contributed by atoms with Crippen LogP contribution in [0.4, 0.5) is 11.4 Å². The Morgan fingerprint density at radius 2 is 1.72 bits per heavy atom. The molecule has 1 spiro atoms. The van der Waals surface area contributed by atoms with Crippen LogP contribution in [0.25, 0.3) is 0 Å². The van der Waals surface area contributed by atoms with Gasteiger partial charge in [-0.2, -0.15) is 0 Å². The van der Waals surface area contributed by atoms with Crippen LogP contribution >= 0.6 is 0 Å². The van der Waals surface area contributed by atoms with Gasteiger partial charge in [0.05, 0.1) is 12.3 Å². The summed E-state index contributed by atoms with van der Waals surface area (Å²) in [4.78, 5) is 37.3. The van der Waals surface area contributed by atoms with Crippen LogP contribution < -0.4 is 10.6 Å². The van der Waals surface area contributed by atoms with Crippen molar-refractivity contribution in [3.05, 3.63) is 59.7 Å². The van der Waals surface area contributed by atoms with Crippen LogP contribution in [0.2, 0.25) is 0 Å². The highest BCUT2D eigenvalue weighted by Gasteiger charge is 2.53. The van der Waals surface area contributed by atoms with Crippen molar-refractivity contribution in [2.75, 3.05) is 10.6 Å². The molecule has 2 fully saturated rings. The molecule has 1 saturated carbocycles. The number of hydrogen-bond donors (Lipinski definition) is 2. The van der Waals surface area contributed by atoms with Crippen LogP contribution in [0.15, 0.2) is 48.5 Å². The second kappa shape index (κ2) is 7.70. The van der Waals surface area contributed by atoms with Gasteiger partial charge in [0.15, 0.2) is 0 Å². The zero-order valence-electron chi connectivity index (χ0n) is 16.4. The Hall–Kier alpha value is -3.15. The Bertz CT molecular complexity index is 946. The minimum atomic E-state index is -0.651. The fraction of sp³-hybridized carbons (Fsp3) is 0.348. The minimum Gasteiger partial charge on any atom is -0.458 e. The third kappa shape index (κ3) is 4.01. The Labute approximate surface area is 169 Å². The molecule has 1 saturated heterocycles. The zero-order valence-corrected chi connectivity index (χ0v) is 16.4. The highest BCUT2D eigenvalue weighted by atomic mass is 16.6. The first-order valence-corrected chi connectivity index (χ1v) is 9.96. The molecule has 29 heavy (non-hydrogen) atoms. The van der Waals surface area contributed by atoms with Crippen molar-refractivity contribution in [1.29, 1.82) is 0 Å². The fourth-order valence-corrected chi connectivity index (χ4v) is 4.26. The van der Waals surface area contributed by atoms with E-state index >= 15 is 0 Å². The van der Waals surface area contributed by atoms with Crippen LogP contribution in [0.3, 0.4) is 0 Å². The van der Waals surface area contributed by atoms with Gasteiger partial charge in [0.25, 0.3) is 5.91 Å². The van der Waals surface area contributed by atoms with E-state index < -0.39 is 11.5 Å². The summed E-state index contributed by atoms with van der Waals surface area (Å²) in [7, 11) is 0. The number of aryl methyl sites for hydroxylation is 1. The molecule has 6 nitrogen and oxygen atoms in total. The van der Waals surface area contributed by atoms with E-state index in [-0.39, 0.29) is 24.2 Å². The van der Waals surface area contributed by atoms with Crippen molar-refractivity contribution in [3.8, 4) is 0 Å². The van der Waals surface area contributed by atoms with Crippen molar-refractivity contribution >= 4 is 29.2 Å². The summed E-state index contributed by atoms with van der Waals surface area (Å²) in [5, 5.41) is 5.72. The molecule has 2 N–H and O–H groups in total. The Morgan fingerprint density at radius 3 is 2.45 bits per heavy atom. The first-order chi connectivity index (χ1) is 13.9. The molecule has 0 unspecified atom stereocenters. The number of hydrogen-bond acceptors (Lipinski definition) is 4. The number of ether oxygens (including phenoxy) is 1. The van der Waals surface area contributed by atoms with E-state index in [4.69, 9.17) is 4.74 Å². The van der Waals surface area contributed by atoms with Gasteiger partial charge in [-0.25, -0.2) is 0 Å². The second-order valence-corrected chi connectivity index (χ2v) is 7.89. The third-order valence-corrected chi connectivity index (χ3v) is 5.79. The molecule has 2 aromatic rings. The molecular weight excluding hydrogens is 368 g/mol. The topological polar surface area (TPSA) is 84.5 Å². The van der Waals surface area contributed by atoms with Crippen molar-refractivity contribution in [2.45, 2.75) is 44.6 Å². The molecule has 0 radical (unpaired) electrons. The van der Waals surface area contributed by atoms with Gasteiger partial charge in [-0.1, -0.05) is 23.8 Å². The summed E-state index contributed by atoms with van der Waals surface area (Å²) in [6.07, 6.45) is 3.50. The average Bonchev–Trinajstić information content (AvgIpc) is 3.30. The van der Waals surface area contributed by atoms with Gasteiger partial charge in [0.1, 0.15) is 5.60 Å². The second-order valence-electron chi connectivity index (χ2n) is 7.89. The van der Waals surface area contributed by atoms with Crippen molar-refractivity contribution in [1.82, 2.24) is 0 Å². The van der Waals surface area contributed by atoms with Crippen LogP contribution in [0, 0.1) is 12.8 Å². The maximum absolute atomic E-state index is 12.9. The molecule has 2 aliphatic rings. The first kappa shape index (κ1) is 19.2. The number of rotatable bonds is 4. The number of esters is 1. The Kier molecular flexibility index (Phi) is 5.09. The van der Waals surface area contributed by atoms with Crippen molar-refractivity contribution < 1.29 is 19.1 Å². The fourth-order valence-electron chi connectivity index (χ4n) is 4.26.